The molecule has 0 saturated heterocycles. The third-order valence-electron chi connectivity index (χ3n) is 3.85. The fourth-order valence-corrected chi connectivity index (χ4v) is 2.62. The number of ether oxygens (including phenoxy) is 1. The van der Waals surface area contributed by atoms with Crippen molar-refractivity contribution in [3.05, 3.63) is 60.7 Å². The molecule has 25 heavy (non-hydrogen) atoms. The molecule has 0 unspecified atom stereocenters. The number of nitrogens with two attached hydrogens (primary N) is 1. The number of fused-ring (bicyclic) bond motifs is 1. The van der Waals surface area contributed by atoms with Gasteiger partial charge in [0, 0.05) is 19.3 Å². The Morgan fingerprint density at radius 2 is 2.12 bits per heavy atom. The lowest BCUT2D eigenvalue weighted by Crippen LogP contribution is -2.26. The van der Waals surface area contributed by atoms with E-state index in [1.165, 1.54) is 6.33 Å². The van der Waals surface area contributed by atoms with Crippen molar-refractivity contribution in [1.29, 1.82) is 0 Å². The van der Waals surface area contributed by atoms with Crippen molar-refractivity contribution in [2.45, 2.75) is 6.54 Å². The molecule has 0 bridgehead atoms. The van der Waals surface area contributed by atoms with Crippen LogP contribution in [0, 0.1) is 0 Å². The second-order valence-electron chi connectivity index (χ2n) is 5.47. The van der Waals surface area contributed by atoms with Crippen molar-refractivity contribution in [2.24, 2.45) is 0 Å². The summed E-state index contributed by atoms with van der Waals surface area (Å²) in [5, 5.41) is 3.44. The highest BCUT2D eigenvalue weighted by atomic mass is 16.5. The zero-order valence-corrected chi connectivity index (χ0v) is 13.9. The van der Waals surface area contributed by atoms with Gasteiger partial charge >= 0.3 is 0 Å². The number of nitrogen functional groups attached to an aromatic ring is 1. The van der Waals surface area contributed by atoms with Crippen LogP contribution in [0.15, 0.2) is 49.4 Å². The Labute approximate surface area is 145 Å². The molecular weight excluding hydrogens is 318 g/mol. The second kappa shape index (κ2) is 7.04. The van der Waals surface area contributed by atoms with Crippen LogP contribution in [0.2, 0.25) is 0 Å². The first kappa shape index (κ1) is 16.5. The molecule has 1 aromatic carbocycles. The van der Waals surface area contributed by atoms with Crippen LogP contribution in [0.5, 0.6) is 5.75 Å². The van der Waals surface area contributed by atoms with Gasteiger partial charge in [-0.15, -0.1) is 6.58 Å². The average molecular weight is 337 g/mol. The first-order chi connectivity index (χ1) is 12.1. The van der Waals surface area contributed by atoms with E-state index in [9.17, 15) is 4.79 Å². The Hall–Kier alpha value is -3.35. The molecule has 7 heteroatoms. The smallest absolute Gasteiger partial charge is 0.270 e. The third-order valence-corrected chi connectivity index (χ3v) is 3.85. The summed E-state index contributed by atoms with van der Waals surface area (Å²) in [5.41, 5.74) is 7.94. The Kier molecular flexibility index (Phi) is 4.65. The van der Waals surface area contributed by atoms with E-state index in [4.69, 9.17) is 10.5 Å². The molecule has 1 amide bonds. The van der Waals surface area contributed by atoms with E-state index in [0.717, 1.165) is 11.3 Å². The molecule has 0 spiro atoms. The molecule has 2 heterocycles. The number of hydrogen-bond acceptors (Lipinski definition) is 5. The molecule has 0 atom stereocenters. The van der Waals surface area contributed by atoms with Crippen LogP contribution in [-0.4, -0.2) is 34.1 Å². The molecule has 0 aliphatic carbocycles. The standard InChI is InChI=1S/C18H19N5O2/c1-3-8-20-18(24)16-15-14(17(19)22-11-21-15)10-23(16)9-12-4-6-13(25-2)7-5-12/h3-7,10-11H,1,8-9H2,2H3,(H,20,24)(H2,19,21,22). The number of aromatic nitrogens is 3. The zero-order chi connectivity index (χ0) is 17.8. The summed E-state index contributed by atoms with van der Waals surface area (Å²) in [4.78, 5) is 20.8. The Morgan fingerprint density at radius 1 is 1.36 bits per heavy atom. The maximum atomic E-state index is 12.6. The van der Waals surface area contributed by atoms with E-state index in [1.807, 2.05) is 28.8 Å². The number of rotatable bonds is 6. The van der Waals surface area contributed by atoms with Gasteiger partial charge in [-0.25, -0.2) is 9.97 Å². The molecule has 7 nitrogen and oxygen atoms in total. The van der Waals surface area contributed by atoms with Gasteiger partial charge in [0.25, 0.3) is 5.91 Å². The molecule has 2 aromatic heterocycles. The maximum absolute atomic E-state index is 12.6. The number of carbonyl (C=O) groups is 1. The second-order valence-corrected chi connectivity index (χ2v) is 5.47. The summed E-state index contributed by atoms with van der Waals surface area (Å²) < 4.78 is 7.00. The fourth-order valence-electron chi connectivity index (χ4n) is 2.62. The van der Waals surface area contributed by atoms with Crippen molar-refractivity contribution in [1.82, 2.24) is 19.9 Å². The number of benzene rings is 1. The number of hydrogen-bond donors (Lipinski definition) is 2. The van der Waals surface area contributed by atoms with Crippen molar-refractivity contribution in [2.75, 3.05) is 19.4 Å². The Morgan fingerprint density at radius 3 is 2.80 bits per heavy atom. The van der Waals surface area contributed by atoms with E-state index < -0.39 is 0 Å². The predicted octanol–water partition coefficient (Wildman–Crippen LogP) is 1.99. The number of amides is 1. The minimum atomic E-state index is -0.235. The van der Waals surface area contributed by atoms with Gasteiger partial charge in [0.2, 0.25) is 0 Å². The highest BCUT2D eigenvalue weighted by Gasteiger charge is 2.19. The number of methoxy groups -OCH3 is 1. The topological polar surface area (TPSA) is 95.1 Å². The molecule has 0 saturated carbocycles. The van der Waals surface area contributed by atoms with Gasteiger partial charge in [0.05, 0.1) is 12.5 Å². The quantitative estimate of drug-likeness (QED) is 0.671. The monoisotopic (exact) mass is 337 g/mol. The van der Waals surface area contributed by atoms with Crippen LogP contribution in [0.25, 0.3) is 10.9 Å². The summed E-state index contributed by atoms with van der Waals surface area (Å²) in [7, 11) is 1.62. The van der Waals surface area contributed by atoms with Gasteiger partial charge < -0.3 is 20.4 Å². The Balaban J connectivity index is 2.04. The van der Waals surface area contributed by atoms with Crippen molar-refractivity contribution in [3.8, 4) is 5.75 Å². The van der Waals surface area contributed by atoms with Gasteiger partial charge in [-0.2, -0.15) is 0 Å². The van der Waals surface area contributed by atoms with Crippen LogP contribution in [0.4, 0.5) is 5.82 Å². The summed E-state index contributed by atoms with van der Waals surface area (Å²) >= 11 is 0. The number of anilines is 1. The number of nitrogens with one attached hydrogen (secondary N) is 1. The van der Waals surface area contributed by atoms with Crippen LogP contribution in [0.1, 0.15) is 16.1 Å². The molecule has 3 aromatic rings. The van der Waals surface area contributed by atoms with Crippen LogP contribution in [-0.2, 0) is 6.54 Å². The number of carbonyl (C=O) groups excluding carboxylic acids is 1. The van der Waals surface area contributed by atoms with Gasteiger partial charge in [-0.1, -0.05) is 18.2 Å². The highest BCUT2D eigenvalue weighted by molar-refractivity contribution is 6.07. The molecule has 0 aliphatic rings. The SMILES string of the molecule is C=CCNC(=O)c1c2ncnc(N)c2cn1Cc1ccc(OC)cc1. The van der Waals surface area contributed by atoms with Crippen LogP contribution >= 0.6 is 0 Å². The van der Waals surface area contributed by atoms with E-state index in [0.29, 0.717) is 35.5 Å². The van der Waals surface area contributed by atoms with Gasteiger partial charge in [-0.05, 0) is 17.7 Å². The van der Waals surface area contributed by atoms with Crippen LogP contribution < -0.4 is 15.8 Å². The van der Waals surface area contributed by atoms with E-state index in [1.54, 1.807) is 19.4 Å². The molecule has 0 fully saturated rings. The van der Waals surface area contributed by atoms with E-state index in [2.05, 4.69) is 21.9 Å². The van der Waals surface area contributed by atoms with Gasteiger partial charge in [0.15, 0.2) is 0 Å². The first-order valence-electron chi connectivity index (χ1n) is 7.75. The molecule has 3 N–H and O–H groups in total. The first-order valence-corrected chi connectivity index (χ1v) is 7.75. The van der Waals surface area contributed by atoms with Crippen molar-refractivity contribution < 1.29 is 9.53 Å². The lowest BCUT2D eigenvalue weighted by Gasteiger charge is -2.10. The summed E-state index contributed by atoms with van der Waals surface area (Å²) in [5.74, 6) is 0.887. The summed E-state index contributed by atoms with van der Waals surface area (Å²) in [6.45, 7) is 4.48. The Bertz CT molecular complexity index is 915. The highest BCUT2D eigenvalue weighted by Crippen LogP contribution is 2.24. The van der Waals surface area contributed by atoms with Gasteiger partial charge in [-0.3, -0.25) is 4.79 Å². The molecule has 128 valence electrons. The molecule has 3 rings (SSSR count). The molecule has 0 radical (unpaired) electrons. The normalized spacial score (nSPS) is 10.6. The minimum absolute atomic E-state index is 0.235. The largest absolute Gasteiger partial charge is 0.497 e. The van der Waals surface area contributed by atoms with E-state index >= 15 is 0 Å². The predicted molar refractivity (Wildman–Crippen MR) is 96.6 cm³/mol. The lowest BCUT2D eigenvalue weighted by atomic mass is 10.2. The minimum Gasteiger partial charge on any atom is -0.497 e. The van der Waals surface area contributed by atoms with Crippen molar-refractivity contribution >= 4 is 22.6 Å². The summed E-state index contributed by atoms with van der Waals surface area (Å²) in [6.07, 6.45) is 4.79. The maximum Gasteiger partial charge on any atom is 0.270 e. The van der Waals surface area contributed by atoms with E-state index in [-0.39, 0.29) is 5.91 Å². The lowest BCUT2D eigenvalue weighted by molar-refractivity contribution is 0.0951. The molecular formula is C18H19N5O2. The number of nitrogens with zero attached hydrogens (tertiary/aromatic N) is 3. The van der Waals surface area contributed by atoms with Crippen LogP contribution in [0.3, 0.4) is 0 Å². The average Bonchev–Trinajstić information content (AvgIpc) is 3.00. The van der Waals surface area contributed by atoms with Crippen molar-refractivity contribution in [3.63, 3.8) is 0 Å². The zero-order valence-electron chi connectivity index (χ0n) is 13.9. The van der Waals surface area contributed by atoms with Gasteiger partial charge in [0.1, 0.15) is 29.1 Å². The fraction of sp³-hybridized carbons (Fsp3) is 0.167. The summed E-state index contributed by atoms with van der Waals surface area (Å²) in [6, 6.07) is 7.66. The third kappa shape index (κ3) is 3.30. The molecule has 0 aliphatic heterocycles.